The summed E-state index contributed by atoms with van der Waals surface area (Å²) >= 11 is 0. The Labute approximate surface area is 129 Å². The molecule has 0 aromatic carbocycles. The number of hydrogen-bond donors (Lipinski definition) is 0. The average Bonchev–Trinajstić information content (AvgIpc) is 2.77. The van der Waals surface area contributed by atoms with Crippen molar-refractivity contribution in [1.82, 2.24) is 9.80 Å². The Morgan fingerprint density at radius 1 is 1.36 bits per heavy atom. The van der Waals surface area contributed by atoms with Gasteiger partial charge in [0.15, 0.2) is 0 Å². The Morgan fingerprint density at radius 3 is 2.55 bits per heavy atom. The smallest absolute Gasteiger partial charge is 0.409 e. The maximum absolute atomic E-state index is 12.7. The molecular formula is C13H21FN2O5S. The molecule has 0 aromatic heterocycles. The lowest BCUT2D eigenvalue weighted by molar-refractivity contribution is -0.130. The Balaban J connectivity index is 1.86. The van der Waals surface area contributed by atoms with E-state index in [1.807, 2.05) is 0 Å². The van der Waals surface area contributed by atoms with Crippen LogP contribution >= 0.6 is 0 Å². The molecule has 0 aliphatic carbocycles. The third-order valence-electron chi connectivity index (χ3n) is 4.10. The number of halogens is 1. The number of hydrogen-bond acceptors (Lipinski definition) is 5. The van der Waals surface area contributed by atoms with Crippen LogP contribution in [-0.2, 0) is 19.8 Å². The SMILES string of the molecule is CCOC(=O)N1CCC(N2CC(CS(=O)(=O)F)CC2=O)CC1. The normalized spacial score (nSPS) is 23.9. The van der Waals surface area contributed by atoms with Crippen molar-refractivity contribution in [3.8, 4) is 0 Å². The maximum Gasteiger partial charge on any atom is 0.409 e. The lowest BCUT2D eigenvalue weighted by Crippen LogP contribution is -2.47. The van der Waals surface area contributed by atoms with Crippen LogP contribution in [0.4, 0.5) is 8.68 Å². The lowest BCUT2D eigenvalue weighted by atomic mass is 10.0. The minimum atomic E-state index is -4.56. The highest BCUT2D eigenvalue weighted by molar-refractivity contribution is 7.86. The number of likely N-dealkylation sites (tertiary alicyclic amines) is 2. The van der Waals surface area contributed by atoms with Gasteiger partial charge < -0.3 is 14.5 Å². The number of carbonyl (C=O) groups excluding carboxylic acids is 2. The molecule has 2 saturated heterocycles. The highest BCUT2D eigenvalue weighted by atomic mass is 32.3. The molecular weight excluding hydrogens is 315 g/mol. The number of ether oxygens (including phenoxy) is 1. The fourth-order valence-electron chi connectivity index (χ4n) is 3.13. The molecule has 0 radical (unpaired) electrons. The van der Waals surface area contributed by atoms with Crippen molar-refractivity contribution in [2.45, 2.75) is 32.2 Å². The van der Waals surface area contributed by atoms with Crippen LogP contribution in [0.15, 0.2) is 0 Å². The van der Waals surface area contributed by atoms with Crippen LogP contribution in [0, 0.1) is 5.92 Å². The first-order valence-corrected chi connectivity index (χ1v) is 8.99. The molecule has 7 nitrogen and oxygen atoms in total. The highest BCUT2D eigenvalue weighted by Crippen LogP contribution is 2.26. The molecule has 22 heavy (non-hydrogen) atoms. The molecule has 2 fully saturated rings. The zero-order chi connectivity index (χ0) is 16.3. The van der Waals surface area contributed by atoms with E-state index in [1.54, 1.807) is 16.7 Å². The van der Waals surface area contributed by atoms with E-state index in [-0.39, 0.29) is 31.0 Å². The van der Waals surface area contributed by atoms with Gasteiger partial charge in [0.2, 0.25) is 5.91 Å². The van der Waals surface area contributed by atoms with Crippen LogP contribution < -0.4 is 0 Å². The van der Waals surface area contributed by atoms with Crippen molar-refractivity contribution in [1.29, 1.82) is 0 Å². The number of nitrogens with zero attached hydrogens (tertiary/aromatic N) is 2. The average molecular weight is 336 g/mol. The summed E-state index contributed by atoms with van der Waals surface area (Å²) in [4.78, 5) is 26.8. The van der Waals surface area contributed by atoms with E-state index in [0.717, 1.165) is 0 Å². The Hall–Kier alpha value is -1.38. The van der Waals surface area contributed by atoms with E-state index >= 15 is 0 Å². The first kappa shape index (κ1) is 17.0. The van der Waals surface area contributed by atoms with Crippen LogP contribution in [0.25, 0.3) is 0 Å². The molecule has 2 heterocycles. The molecule has 0 spiro atoms. The van der Waals surface area contributed by atoms with Gasteiger partial charge in [0.25, 0.3) is 0 Å². The molecule has 0 saturated carbocycles. The second-order valence-corrected chi connectivity index (χ2v) is 7.15. The summed E-state index contributed by atoms with van der Waals surface area (Å²) in [6.07, 6.45) is 0.968. The van der Waals surface area contributed by atoms with Crippen LogP contribution in [0.1, 0.15) is 26.2 Å². The van der Waals surface area contributed by atoms with Gasteiger partial charge in [0.1, 0.15) is 0 Å². The zero-order valence-corrected chi connectivity index (χ0v) is 13.3. The predicted octanol–water partition coefficient (Wildman–Crippen LogP) is 0.755. The summed E-state index contributed by atoms with van der Waals surface area (Å²) in [5.74, 6) is -1.22. The third kappa shape index (κ3) is 4.31. The Bertz CT molecular complexity index is 531. The Morgan fingerprint density at radius 2 is 2.00 bits per heavy atom. The fourth-order valence-corrected chi connectivity index (χ4v) is 3.92. The monoisotopic (exact) mass is 336 g/mol. The van der Waals surface area contributed by atoms with Gasteiger partial charge in [-0.25, -0.2) is 4.79 Å². The van der Waals surface area contributed by atoms with Crippen molar-refractivity contribution < 1.29 is 26.6 Å². The first-order chi connectivity index (χ1) is 10.3. The minimum Gasteiger partial charge on any atom is -0.450 e. The van der Waals surface area contributed by atoms with Crippen molar-refractivity contribution in [3.05, 3.63) is 0 Å². The topological polar surface area (TPSA) is 84.0 Å². The third-order valence-corrected chi connectivity index (χ3v) is 4.97. The molecule has 0 bridgehead atoms. The molecule has 2 aliphatic heterocycles. The molecule has 0 aromatic rings. The second-order valence-electron chi connectivity index (χ2n) is 5.74. The van der Waals surface area contributed by atoms with Gasteiger partial charge in [0.05, 0.1) is 12.4 Å². The van der Waals surface area contributed by atoms with Crippen molar-refractivity contribution in [2.24, 2.45) is 5.92 Å². The van der Waals surface area contributed by atoms with Crippen LogP contribution in [0.2, 0.25) is 0 Å². The molecule has 1 unspecified atom stereocenters. The zero-order valence-electron chi connectivity index (χ0n) is 12.5. The largest absolute Gasteiger partial charge is 0.450 e. The van der Waals surface area contributed by atoms with E-state index in [1.165, 1.54) is 0 Å². The molecule has 2 rings (SSSR count). The van der Waals surface area contributed by atoms with Crippen molar-refractivity contribution in [2.75, 3.05) is 32.0 Å². The number of amides is 2. The van der Waals surface area contributed by atoms with Crippen molar-refractivity contribution >= 4 is 22.2 Å². The number of rotatable bonds is 4. The molecule has 0 N–H and O–H groups in total. The van der Waals surface area contributed by atoms with Gasteiger partial charge in [-0.3, -0.25) is 4.79 Å². The van der Waals surface area contributed by atoms with E-state index in [2.05, 4.69) is 0 Å². The first-order valence-electron chi connectivity index (χ1n) is 7.43. The van der Waals surface area contributed by atoms with Gasteiger partial charge >= 0.3 is 16.3 Å². The summed E-state index contributed by atoms with van der Waals surface area (Å²) in [5, 5.41) is 0. The van der Waals surface area contributed by atoms with E-state index in [4.69, 9.17) is 4.74 Å². The standard InChI is InChI=1S/C13H21FN2O5S/c1-2-21-13(18)15-5-3-11(4-6-15)16-8-10(7-12(16)17)9-22(14,19)20/h10-11H,2-9H2,1H3. The van der Waals surface area contributed by atoms with Gasteiger partial charge in [0, 0.05) is 38.0 Å². The Kier molecular flexibility index (Phi) is 5.25. The lowest BCUT2D eigenvalue weighted by Gasteiger charge is -2.36. The van der Waals surface area contributed by atoms with Crippen LogP contribution in [0.5, 0.6) is 0 Å². The van der Waals surface area contributed by atoms with Gasteiger partial charge in [-0.05, 0) is 19.8 Å². The van der Waals surface area contributed by atoms with E-state index < -0.39 is 21.9 Å². The number of carbonyl (C=O) groups is 2. The van der Waals surface area contributed by atoms with Gasteiger partial charge in [-0.2, -0.15) is 8.42 Å². The summed E-state index contributed by atoms with van der Waals surface area (Å²) in [6, 6.07) is -0.0227. The van der Waals surface area contributed by atoms with E-state index in [0.29, 0.717) is 32.5 Å². The quantitative estimate of drug-likeness (QED) is 0.708. The highest BCUT2D eigenvalue weighted by Gasteiger charge is 2.38. The van der Waals surface area contributed by atoms with Gasteiger partial charge in [-0.1, -0.05) is 0 Å². The molecule has 9 heteroatoms. The summed E-state index contributed by atoms with van der Waals surface area (Å²) in [6.45, 7) is 3.33. The summed E-state index contributed by atoms with van der Waals surface area (Å²) < 4.78 is 39.1. The maximum atomic E-state index is 12.7. The minimum absolute atomic E-state index is 0.0227. The second kappa shape index (κ2) is 6.80. The molecule has 2 amide bonds. The fraction of sp³-hybridized carbons (Fsp3) is 0.846. The van der Waals surface area contributed by atoms with E-state index in [9.17, 15) is 21.9 Å². The number of piperidine rings is 1. The predicted molar refractivity (Wildman–Crippen MR) is 76.3 cm³/mol. The van der Waals surface area contributed by atoms with Crippen LogP contribution in [-0.4, -0.2) is 68.3 Å². The molecule has 2 aliphatic rings. The van der Waals surface area contributed by atoms with Crippen LogP contribution in [0.3, 0.4) is 0 Å². The molecule has 126 valence electrons. The van der Waals surface area contributed by atoms with Crippen molar-refractivity contribution in [3.63, 3.8) is 0 Å². The summed E-state index contributed by atoms with van der Waals surface area (Å²) in [7, 11) is -4.56. The molecule has 1 atom stereocenters. The summed E-state index contributed by atoms with van der Waals surface area (Å²) in [5.41, 5.74) is 0. The van der Waals surface area contributed by atoms with Gasteiger partial charge in [-0.15, -0.1) is 3.89 Å².